The van der Waals surface area contributed by atoms with E-state index < -0.39 is 4.92 Å². The molecular formula is C12H19N5O3. The Kier molecular flexibility index (Phi) is 5.05. The van der Waals surface area contributed by atoms with Crippen molar-refractivity contribution in [2.75, 3.05) is 30.8 Å². The summed E-state index contributed by atoms with van der Waals surface area (Å²) in [7, 11) is 1.59. The van der Waals surface area contributed by atoms with Crippen molar-refractivity contribution in [1.82, 2.24) is 9.97 Å². The lowest BCUT2D eigenvalue weighted by Crippen LogP contribution is -2.17. The van der Waals surface area contributed by atoms with Crippen molar-refractivity contribution in [1.29, 1.82) is 0 Å². The van der Waals surface area contributed by atoms with Gasteiger partial charge in [-0.1, -0.05) is 12.8 Å². The first-order valence-corrected chi connectivity index (χ1v) is 6.75. The second kappa shape index (κ2) is 6.99. The molecule has 0 saturated heterocycles. The van der Waals surface area contributed by atoms with Gasteiger partial charge in [-0.3, -0.25) is 10.1 Å². The van der Waals surface area contributed by atoms with Crippen molar-refractivity contribution in [3.63, 3.8) is 0 Å². The summed E-state index contributed by atoms with van der Waals surface area (Å²) in [4.78, 5) is 18.3. The Morgan fingerprint density at radius 3 is 2.75 bits per heavy atom. The Labute approximate surface area is 117 Å². The number of nitro groups is 1. The average Bonchev–Trinajstić information content (AvgIpc) is 2.96. The molecule has 0 radical (unpaired) electrons. The monoisotopic (exact) mass is 281 g/mol. The minimum Gasteiger partial charge on any atom is -0.376 e. The van der Waals surface area contributed by atoms with Crippen LogP contribution in [0.15, 0.2) is 6.33 Å². The van der Waals surface area contributed by atoms with E-state index in [1.54, 1.807) is 7.05 Å². The predicted octanol–water partition coefficient (Wildman–Crippen LogP) is 1.80. The number of hydrogen-bond acceptors (Lipinski definition) is 7. The van der Waals surface area contributed by atoms with Crippen LogP contribution in [0, 0.1) is 10.1 Å². The molecule has 1 fully saturated rings. The van der Waals surface area contributed by atoms with E-state index in [0.29, 0.717) is 19.3 Å². The minimum atomic E-state index is -0.494. The van der Waals surface area contributed by atoms with E-state index in [4.69, 9.17) is 4.74 Å². The van der Waals surface area contributed by atoms with Gasteiger partial charge in [-0.2, -0.15) is 0 Å². The van der Waals surface area contributed by atoms with Crippen LogP contribution in [0.5, 0.6) is 0 Å². The van der Waals surface area contributed by atoms with Crippen LogP contribution in [-0.2, 0) is 4.74 Å². The van der Waals surface area contributed by atoms with Crippen LogP contribution in [0.1, 0.15) is 25.7 Å². The summed E-state index contributed by atoms with van der Waals surface area (Å²) >= 11 is 0. The number of hydrogen-bond donors (Lipinski definition) is 2. The van der Waals surface area contributed by atoms with E-state index in [1.165, 1.54) is 19.2 Å². The van der Waals surface area contributed by atoms with E-state index in [-0.39, 0.29) is 17.3 Å². The molecule has 0 unspecified atom stereocenters. The largest absolute Gasteiger partial charge is 0.376 e. The number of anilines is 2. The molecule has 0 bridgehead atoms. The molecule has 1 heterocycles. The van der Waals surface area contributed by atoms with Crippen LogP contribution < -0.4 is 10.6 Å². The number of rotatable bonds is 7. The SMILES string of the molecule is CNc1ncnc(NCCOC2CCCC2)c1[N+](=O)[O-]. The Bertz CT molecular complexity index is 462. The molecule has 1 aliphatic rings. The third kappa shape index (κ3) is 3.53. The smallest absolute Gasteiger partial charge is 0.353 e. The van der Waals surface area contributed by atoms with E-state index in [9.17, 15) is 10.1 Å². The van der Waals surface area contributed by atoms with Crippen LogP contribution in [0.3, 0.4) is 0 Å². The lowest BCUT2D eigenvalue weighted by atomic mass is 10.3. The van der Waals surface area contributed by atoms with Gasteiger partial charge < -0.3 is 15.4 Å². The molecule has 2 N–H and O–H groups in total. The maximum absolute atomic E-state index is 11.1. The van der Waals surface area contributed by atoms with Gasteiger partial charge in [0.2, 0.25) is 11.6 Å². The molecule has 2 rings (SSSR count). The van der Waals surface area contributed by atoms with Gasteiger partial charge in [-0.05, 0) is 12.8 Å². The Morgan fingerprint density at radius 1 is 1.40 bits per heavy atom. The predicted molar refractivity (Wildman–Crippen MR) is 74.9 cm³/mol. The summed E-state index contributed by atoms with van der Waals surface area (Å²) in [6.45, 7) is 0.998. The molecule has 8 nitrogen and oxygen atoms in total. The fourth-order valence-corrected chi connectivity index (χ4v) is 2.31. The van der Waals surface area contributed by atoms with Crippen LogP contribution in [0.4, 0.5) is 17.3 Å². The third-order valence-electron chi connectivity index (χ3n) is 3.29. The number of nitrogens with zero attached hydrogens (tertiary/aromatic N) is 3. The van der Waals surface area contributed by atoms with Gasteiger partial charge in [0, 0.05) is 13.6 Å². The molecule has 0 spiro atoms. The first kappa shape index (κ1) is 14.4. The number of aromatic nitrogens is 2. The zero-order valence-corrected chi connectivity index (χ0v) is 11.5. The molecular weight excluding hydrogens is 262 g/mol. The summed E-state index contributed by atoms with van der Waals surface area (Å²) in [6, 6.07) is 0. The van der Waals surface area contributed by atoms with Gasteiger partial charge in [0.1, 0.15) is 6.33 Å². The Morgan fingerprint density at radius 2 is 2.10 bits per heavy atom. The summed E-state index contributed by atoms with van der Waals surface area (Å²) in [6.07, 6.45) is 6.29. The topological polar surface area (TPSA) is 102 Å². The highest BCUT2D eigenvalue weighted by molar-refractivity contribution is 5.68. The molecule has 0 atom stereocenters. The van der Waals surface area contributed by atoms with Crippen molar-refractivity contribution in [2.45, 2.75) is 31.8 Å². The summed E-state index contributed by atoms with van der Waals surface area (Å²) in [5.41, 5.74) is -0.143. The van der Waals surface area contributed by atoms with Crippen molar-refractivity contribution in [2.24, 2.45) is 0 Å². The lowest BCUT2D eigenvalue weighted by molar-refractivity contribution is -0.383. The normalized spacial score (nSPS) is 15.2. The van der Waals surface area contributed by atoms with E-state index >= 15 is 0 Å². The fourth-order valence-electron chi connectivity index (χ4n) is 2.31. The molecule has 1 aliphatic carbocycles. The van der Waals surface area contributed by atoms with Gasteiger partial charge in [0.25, 0.3) is 0 Å². The Hall–Kier alpha value is -1.96. The quantitative estimate of drug-likeness (QED) is 0.446. The molecule has 1 aromatic heterocycles. The summed E-state index contributed by atoms with van der Waals surface area (Å²) in [5, 5.41) is 16.7. The van der Waals surface area contributed by atoms with Crippen LogP contribution in [-0.4, -0.2) is 41.2 Å². The third-order valence-corrected chi connectivity index (χ3v) is 3.29. The van der Waals surface area contributed by atoms with Crippen LogP contribution >= 0.6 is 0 Å². The minimum absolute atomic E-state index is 0.143. The zero-order chi connectivity index (χ0) is 14.4. The Balaban J connectivity index is 1.89. The highest BCUT2D eigenvalue weighted by atomic mass is 16.6. The zero-order valence-electron chi connectivity index (χ0n) is 11.5. The van der Waals surface area contributed by atoms with Gasteiger partial charge in [0.05, 0.1) is 17.6 Å². The maximum Gasteiger partial charge on any atom is 0.353 e. The first-order valence-electron chi connectivity index (χ1n) is 6.75. The highest BCUT2D eigenvalue weighted by Gasteiger charge is 2.22. The van der Waals surface area contributed by atoms with Crippen LogP contribution in [0.2, 0.25) is 0 Å². The second-order valence-corrected chi connectivity index (χ2v) is 4.63. The first-order chi connectivity index (χ1) is 9.72. The van der Waals surface area contributed by atoms with Gasteiger partial charge >= 0.3 is 5.69 Å². The van der Waals surface area contributed by atoms with Crippen LogP contribution in [0.25, 0.3) is 0 Å². The lowest BCUT2D eigenvalue weighted by Gasteiger charge is -2.12. The highest BCUT2D eigenvalue weighted by Crippen LogP contribution is 2.28. The molecule has 0 aromatic carbocycles. The van der Waals surface area contributed by atoms with Gasteiger partial charge in [-0.15, -0.1) is 0 Å². The second-order valence-electron chi connectivity index (χ2n) is 4.63. The summed E-state index contributed by atoms with van der Waals surface area (Å²) in [5.74, 6) is 0.411. The summed E-state index contributed by atoms with van der Waals surface area (Å²) < 4.78 is 5.69. The standard InChI is InChI=1S/C12H19N5O3/c1-13-11-10(17(18)19)12(16-8-15-11)14-6-7-20-9-4-2-3-5-9/h8-9H,2-7H2,1H3,(H2,13,14,15,16). The fraction of sp³-hybridized carbons (Fsp3) is 0.667. The molecule has 1 saturated carbocycles. The maximum atomic E-state index is 11.1. The number of ether oxygens (including phenoxy) is 1. The van der Waals surface area contributed by atoms with Gasteiger partial charge in [0.15, 0.2) is 0 Å². The van der Waals surface area contributed by atoms with E-state index in [1.807, 2.05) is 0 Å². The van der Waals surface area contributed by atoms with Crippen molar-refractivity contribution >= 4 is 17.3 Å². The molecule has 110 valence electrons. The number of nitrogens with one attached hydrogen (secondary N) is 2. The van der Waals surface area contributed by atoms with Crippen molar-refractivity contribution in [3.8, 4) is 0 Å². The molecule has 1 aromatic rings. The molecule has 8 heteroatoms. The van der Waals surface area contributed by atoms with E-state index in [0.717, 1.165) is 12.8 Å². The van der Waals surface area contributed by atoms with Crippen molar-refractivity contribution < 1.29 is 9.66 Å². The molecule has 0 aliphatic heterocycles. The average molecular weight is 281 g/mol. The molecule has 0 amide bonds. The van der Waals surface area contributed by atoms with E-state index in [2.05, 4.69) is 20.6 Å². The van der Waals surface area contributed by atoms with Crippen molar-refractivity contribution in [3.05, 3.63) is 16.4 Å². The molecule has 20 heavy (non-hydrogen) atoms. The van der Waals surface area contributed by atoms with Gasteiger partial charge in [-0.25, -0.2) is 9.97 Å².